The fraction of sp³-hybridized carbons (Fsp3) is 0.184. The van der Waals surface area contributed by atoms with Crippen molar-refractivity contribution >= 4 is 33.0 Å². The van der Waals surface area contributed by atoms with Crippen LogP contribution in [0.3, 0.4) is 0 Å². The van der Waals surface area contributed by atoms with Crippen LogP contribution < -0.4 is 14.5 Å². The SMILES string of the molecule is Cc1ccc(NS(=O)(=O)c2ccc3c(c2)C(=O)N(c2ccc(C)cc2)[C@H](c2ccc(C(C)C)cc2)N3Cc2ccccc2)cc1. The summed E-state index contributed by atoms with van der Waals surface area (Å²) in [5.74, 6) is 0.110. The van der Waals surface area contributed by atoms with Gasteiger partial charge in [-0.1, -0.05) is 104 Å². The van der Waals surface area contributed by atoms with E-state index in [0.29, 0.717) is 29.4 Å². The van der Waals surface area contributed by atoms with E-state index in [1.54, 1.807) is 29.2 Å². The summed E-state index contributed by atoms with van der Waals surface area (Å²) in [6, 6.07) is 38.5. The zero-order valence-corrected chi connectivity index (χ0v) is 26.8. The first kappa shape index (κ1) is 30.2. The Labute approximate surface area is 266 Å². The van der Waals surface area contributed by atoms with Crippen molar-refractivity contribution in [3.63, 3.8) is 0 Å². The molecule has 45 heavy (non-hydrogen) atoms. The van der Waals surface area contributed by atoms with E-state index in [0.717, 1.165) is 27.9 Å². The fourth-order valence-electron chi connectivity index (χ4n) is 5.75. The zero-order valence-electron chi connectivity index (χ0n) is 25.9. The third-order valence-electron chi connectivity index (χ3n) is 8.29. The van der Waals surface area contributed by atoms with Gasteiger partial charge in [0.15, 0.2) is 0 Å². The number of amides is 1. The number of hydrogen-bond acceptors (Lipinski definition) is 4. The van der Waals surface area contributed by atoms with Gasteiger partial charge in [-0.05, 0) is 78.9 Å². The molecule has 0 saturated carbocycles. The minimum Gasteiger partial charge on any atom is -0.342 e. The molecule has 5 aromatic carbocycles. The van der Waals surface area contributed by atoms with Crippen molar-refractivity contribution in [1.82, 2.24) is 0 Å². The minimum atomic E-state index is -3.97. The van der Waals surface area contributed by atoms with Gasteiger partial charge in [-0.25, -0.2) is 8.42 Å². The summed E-state index contributed by atoms with van der Waals surface area (Å²) in [4.78, 5) is 18.6. The van der Waals surface area contributed by atoms with Gasteiger partial charge in [-0.2, -0.15) is 0 Å². The molecule has 1 amide bonds. The lowest BCUT2D eigenvalue weighted by Crippen LogP contribution is -2.49. The maximum Gasteiger partial charge on any atom is 0.262 e. The van der Waals surface area contributed by atoms with Gasteiger partial charge >= 0.3 is 0 Å². The molecule has 1 N–H and O–H groups in total. The van der Waals surface area contributed by atoms with Crippen molar-refractivity contribution in [2.45, 2.75) is 51.2 Å². The van der Waals surface area contributed by atoms with Crippen LogP contribution in [0, 0.1) is 13.8 Å². The largest absolute Gasteiger partial charge is 0.342 e. The highest BCUT2D eigenvalue weighted by Crippen LogP contribution is 2.43. The molecule has 1 heterocycles. The molecule has 6 rings (SSSR count). The zero-order chi connectivity index (χ0) is 31.7. The van der Waals surface area contributed by atoms with E-state index in [4.69, 9.17) is 0 Å². The van der Waals surface area contributed by atoms with E-state index in [9.17, 15) is 13.2 Å². The molecule has 0 aromatic heterocycles. The molecule has 0 aliphatic carbocycles. The van der Waals surface area contributed by atoms with Crippen LogP contribution in [0.2, 0.25) is 0 Å². The predicted octanol–water partition coefficient (Wildman–Crippen LogP) is 8.59. The number of nitrogens with zero attached hydrogens (tertiary/aromatic N) is 2. The van der Waals surface area contributed by atoms with E-state index in [2.05, 4.69) is 59.9 Å². The fourth-order valence-corrected chi connectivity index (χ4v) is 6.83. The molecule has 1 atom stereocenters. The summed E-state index contributed by atoms with van der Waals surface area (Å²) in [6.45, 7) is 8.79. The molecular formula is C38H37N3O3S. The number of aryl methyl sites for hydroxylation is 2. The summed E-state index contributed by atoms with van der Waals surface area (Å²) < 4.78 is 29.8. The predicted molar refractivity (Wildman–Crippen MR) is 182 cm³/mol. The Bertz CT molecular complexity index is 1920. The summed E-state index contributed by atoms with van der Waals surface area (Å²) in [5, 5.41) is 0. The first-order valence-electron chi connectivity index (χ1n) is 15.1. The van der Waals surface area contributed by atoms with Gasteiger partial charge in [0, 0.05) is 17.9 Å². The smallest absolute Gasteiger partial charge is 0.262 e. The first-order valence-corrected chi connectivity index (χ1v) is 16.6. The number of hydrogen-bond donors (Lipinski definition) is 1. The average Bonchev–Trinajstić information content (AvgIpc) is 3.04. The Morgan fingerprint density at radius 3 is 2.00 bits per heavy atom. The van der Waals surface area contributed by atoms with Gasteiger partial charge in [0.1, 0.15) is 6.17 Å². The minimum absolute atomic E-state index is 0.0263. The third kappa shape index (κ3) is 6.22. The molecule has 0 radical (unpaired) electrons. The molecule has 0 saturated heterocycles. The van der Waals surface area contributed by atoms with Crippen LogP contribution in [0.15, 0.2) is 126 Å². The van der Waals surface area contributed by atoms with Gasteiger partial charge in [-0.3, -0.25) is 14.4 Å². The third-order valence-corrected chi connectivity index (χ3v) is 9.67. The molecule has 228 valence electrons. The normalized spacial score (nSPS) is 14.9. The molecule has 0 spiro atoms. The molecule has 1 aliphatic heterocycles. The summed E-state index contributed by atoms with van der Waals surface area (Å²) in [5.41, 5.74) is 7.57. The van der Waals surface area contributed by atoms with Crippen LogP contribution in [0.5, 0.6) is 0 Å². The van der Waals surface area contributed by atoms with Crippen molar-refractivity contribution in [3.05, 3.63) is 155 Å². The molecule has 7 heteroatoms. The van der Waals surface area contributed by atoms with Gasteiger partial charge in [-0.15, -0.1) is 0 Å². The van der Waals surface area contributed by atoms with Crippen LogP contribution in [0.1, 0.15) is 64.1 Å². The first-order chi connectivity index (χ1) is 21.6. The van der Waals surface area contributed by atoms with Crippen molar-refractivity contribution in [2.75, 3.05) is 14.5 Å². The lowest BCUT2D eigenvalue weighted by molar-refractivity contribution is 0.0968. The van der Waals surface area contributed by atoms with Crippen LogP contribution in [0.4, 0.5) is 17.1 Å². The number of carbonyl (C=O) groups excluding carboxylic acids is 1. The van der Waals surface area contributed by atoms with Gasteiger partial charge < -0.3 is 4.90 Å². The molecule has 1 aliphatic rings. The Morgan fingerprint density at radius 2 is 1.38 bits per heavy atom. The van der Waals surface area contributed by atoms with Gasteiger partial charge in [0.25, 0.3) is 15.9 Å². The Balaban J connectivity index is 1.52. The molecule has 0 bridgehead atoms. The van der Waals surface area contributed by atoms with Crippen LogP contribution in [0.25, 0.3) is 0 Å². The summed E-state index contributed by atoms with van der Waals surface area (Å²) in [7, 11) is -3.97. The Morgan fingerprint density at radius 1 is 0.756 bits per heavy atom. The molecule has 0 fully saturated rings. The number of sulfonamides is 1. The van der Waals surface area contributed by atoms with Gasteiger partial charge in [0.2, 0.25) is 0 Å². The molecule has 6 nitrogen and oxygen atoms in total. The lowest BCUT2D eigenvalue weighted by atomic mass is 9.96. The second-order valence-corrected chi connectivity index (χ2v) is 13.7. The average molecular weight is 616 g/mol. The number of fused-ring (bicyclic) bond motifs is 1. The van der Waals surface area contributed by atoms with Crippen molar-refractivity contribution in [3.8, 4) is 0 Å². The number of rotatable bonds is 8. The molecule has 5 aromatic rings. The number of anilines is 3. The van der Waals surface area contributed by atoms with Crippen molar-refractivity contribution in [1.29, 1.82) is 0 Å². The lowest BCUT2D eigenvalue weighted by Gasteiger charge is -2.46. The number of carbonyl (C=O) groups is 1. The quantitative estimate of drug-likeness (QED) is 0.190. The van der Waals surface area contributed by atoms with Crippen LogP contribution in [-0.2, 0) is 16.6 Å². The standard InChI is InChI=1S/C38H37N3O3S/c1-26(2)30-14-16-31(17-15-30)37-40(25-29-8-6-5-7-9-29)36-23-22-34(45(43,44)39-32-18-10-27(3)11-19-32)24-35(36)38(42)41(37)33-20-12-28(4)13-21-33/h5-24,26,37,39H,25H2,1-4H3/t37-/m1/s1. The van der Waals surface area contributed by atoms with Crippen LogP contribution in [-0.4, -0.2) is 14.3 Å². The summed E-state index contributed by atoms with van der Waals surface area (Å²) >= 11 is 0. The molecule has 0 unspecified atom stereocenters. The van der Waals surface area contributed by atoms with E-state index in [1.807, 2.05) is 68.4 Å². The van der Waals surface area contributed by atoms with Gasteiger partial charge in [0.05, 0.1) is 16.1 Å². The number of nitrogens with one attached hydrogen (secondary N) is 1. The van der Waals surface area contributed by atoms with Crippen LogP contribution >= 0.6 is 0 Å². The highest BCUT2D eigenvalue weighted by molar-refractivity contribution is 7.92. The van der Waals surface area contributed by atoms with E-state index < -0.39 is 16.2 Å². The van der Waals surface area contributed by atoms with E-state index in [1.165, 1.54) is 11.6 Å². The maximum atomic E-state index is 14.6. The molecular weight excluding hydrogens is 579 g/mol. The van der Waals surface area contributed by atoms with E-state index >= 15 is 0 Å². The van der Waals surface area contributed by atoms with Crippen molar-refractivity contribution < 1.29 is 13.2 Å². The maximum absolute atomic E-state index is 14.6. The summed E-state index contributed by atoms with van der Waals surface area (Å²) in [6.07, 6.45) is -0.470. The highest BCUT2D eigenvalue weighted by atomic mass is 32.2. The van der Waals surface area contributed by atoms with E-state index in [-0.39, 0.29) is 10.8 Å². The number of benzene rings is 5. The second-order valence-electron chi connectivity index (χ2n) is 12.0. The van der Waals surface area contributed by atoms with Crippen molar-refractivity contribution in [2.24, 2.45) is 0 Å². The second kappa shape index (κ2) is 12.3. The monoisotopic (exact) mass is 615 g/mol. The Kier molecular flexibility index (Phi) is 8.21. The highest BCUT2D eigenvalue weighted by Gasteiger charge is 2.40. The topological polar surface area (TPSA) is 69.7 Å². The Hall–Kier alpha value is -4.88.